The Morgan fingerprint density at radius 2 is 1.57 bits per heavy atom. The van der Waals surface area contributed by atoms with Crippen molar-refractivity contribution in [3.05, 3.63) is 62.0 Å². The molecule has 11 nitrogen and oxygen atoms in total. The Labute approximate surface area is 180 Å². The van der Waals surface area contributed by atoms with E-state index in [0.29, 0.717) is 12.4 Å². The summed E-state index contributed by atoms with van der Waals surface area (Å²) in [5.74, 6) is 0.342. The normalized spacial score (nSPS) is 8.53. The van der Waals surface area contributed by atoms with Gasteiger partial charge >= 0.3 is 11.4 Å². The molecule has 0 atom stereocenters. The molecular weight excluding hydrogens is 414 g/mol. The number of nitro groups is 2. The minimum atomic E-state index is -0.574. The van der Waals surface area contributed by atoms with Crippen LogP contribution in [0.2, 0.25) is 5.15 Å². The van der Waals surface area contributed by atoms with E-state index in [9.17, 15) is 20.2 Å². The molecular formula is C18H26ClN7O4. The van der Waals surface area contributed by atoms with Crippen molar-refractivity contribution in [3.8, 4) is 6.07 Å². The topological polar surface area (TPSA) is 174 Å². The minimum absolute atomic E-state index is 0.0240. The van der Waals surface area contributed by atoms with E-state index in [2.05, 4.69) is 22.2 Å². The zero-order chi connectivity index (χ0) is 23.4. The number of nitrogens with zero attached hydrogens (tertiary/aromatic N) is 5. The zero-order valence-electron chi connectivity index (χ0n) is 17.1. The van der Waals surface area contributed by atoms with Gasteiger partial charge in [0.1, 0.15) is 0 Å². The number of nitrogens with one attached hydrogen (secondary N) is 1. The lowest BCUT2D eigenvalue weighted by atomic mass is 10.4. The molecule has 0 aromatic carbocycles. The van der Waals surface area contributed by atoms with E-state index in [1.807, 2.05) is 6.92 Å². The Balaban J connectivity index is 0. The number of nitrogens with two attached hydrogens (primary N) is 1. The molecule has 12 heteroatoms. The molecule has 0 radical (unpaired) electrons. The molecule has 2 aromatic rings. The monoisotopic (exact) mass is 439 g/mol. The highest BCUT2D eigenvalue weighted by Crippen LogP contribution is 2.20. The van der Waals surface area contributed by atoms with Gasteiger partial charge < -0.3 is 11.1 Å². The van der Waals surface area contributed by atoms with Crippen LogP contribution < -0.4 is 11.1 Å². The van der Waals surface area contributed by atoms with Gasteiger partial charge in [0, 0.05) is 38.0 Å². The molecule has 0 aliphatic rings. The fraction of sp³-hybridized carbons (Fsp3) is 0.389. The first kappa shape index (κ1) is 28.8. The van der Waals surface area contributed by atoms with Crippen LogP contribution in [-0.4, -0.2) is 32.9 Å². The number of rotatable bonds is 6. The van der Waals surface area contributed by atoms with Gasteiger partial charge in [0.15, 0.2) is 0 Å². The van der Waals surface area contributed by atoms with Gasteiger partial charge in [-0.15, -0.1) is 0 Å². The highest BCUT2D eigenvalue weighted by atomic mass is 35.5. The number of anilines is 1. The Morgan fingerprint density at radius 1 is 1.10 bits per heavy atom. The molecule has 0 amide bonds. The quantitative estimate of drug-likeness (QED) is 0.376. The number of aromatic nitrogens is 2. The van der Waals surface area contributed by atoms with Crippen LogP contribution in [0, 0.1) is 31.6 Å². The van der Waals surface area contributed by atoms with Gasteiger partial charge in [-0.25, -0.2) is 9.97 Å². The lowest BCUT2D eigenvalue weighted by Crippen LogP contribution is -2.04. The lowest BCUT2D eigenvalue weighted by Gasteiger charge is -2.02. The van der Waals surface area contributed by atoms with Crippen molar-refractivity contribution in [2.45, 2.75) is 33.6 Å². The van der Waals surface area contributed by atoms with Gasteiger partial charge in [-0.1, -0.05) is 25.4 Å². The predicted octanol–water partition coefficient (Wildman–Crippen LogP) is 4.34. The third-order valence-electron chi connectivity index (χ3n) is 2.75. The van der Waals surface area contributed by atoms with Crippen molar-refractivity contribution in [1.29, 1.82) is 5.26 Å². The van der Waals surface area contributed by atoms with E-state index < -0.39 is 9.85 Å². The average Bonchev–Trinajstić information content (AvgIpc) is 2.73. The van der Waals surface area contributed by atoms with E-state index in [1.165, 1.54) is 37.5 Å². The van der Waals surface area contributed by atoms with Crippen LogP contribution in [0.5, 0.6) is 0 Å². The molecule has 2 aromatic heterocycles. The molecule has 0 aliphatic heterocycles. The van der Waals surface area contributed by atoms with Crippen molar-refractivity contribution in [2.24, 2.45) is 5.73 Å². The first-order chi connectivity index (χ1) is 14.3. The molecule has 2 rings (SSSR count). The molecule has 0 fully saturated rings. The largest absolute Gasteiger partial charge is 0.364 e. The summed E-state index contributed by atoms with van der Waals surface area (Å²) in [6.07, 6.45) is 4.94. The van der Waals surface area contributed by atoms with Crippen molar-refractivity contribution < 1.29 is 9.85 Å². The first-order valence-electron chi connectivity index (χ1n) is 8.89. The first-order valence-corrected chi connectivity index (χ1v) is 9.27. The molecule has 0 spiro atoms. The van der Waals surface area contributed by atoms with Crippen LogP contribution in [0.3, 0.4) is 0 Å². The summed E-state index contributed by atoms with van der Waals surface area (Å²) in [5, 5.41) is 30.7. The second-order valence-electron chi connectivity index (χ2n) is 5.14. The Kier molecular flexibility index (Phi) is 18.2. The highest BCUT2D eigenvalue weighted by molar-refractivity contribution is 6.31. The van der Waals surface area contributed by atoms with Crippen LogP contribution in [0.15, 0.2) is 36.7 Å². The fourth-order valence-electron chi connectivity index (χ4n) is 1.44. The summed E-state index contributed by atoms with van der Waals surface area (Å²) in [7, 11) is 0. The third-order valence-corrected chi connectivity index (χ3v) is 3.04. The number of nitriles is 1. The van der Waals surface area contributed by atoms with Gasteiger partial charge in [0.2, 0.25) is 11.0 Å². The minimum Gasteiger partial charge on any atom is -0.364 e. The summed E-state index contributed by atoms with van der Waals surface area (Å²) in [6.45, 7) is 6.99. The smallest absolute Gasteiger partial charge is 0.311 e. The maximum Gasteiger partial charge on any atom is 0.311 e. The molecule has 30 heavy (non-hydrogen) atoms. The summed E-state index contributed by atoms with van der Waals surface area (Å²) >= 11 is 5.37. The van der Waals surface area contributed by atoms with Crippen molar-refractivity contribution in [3.63, 3.8) is 0 Å². The van der Waals surface area contributed by atoms with Gasteiger partial charge in [-0.05, 0) is 31.5 Å². The van der Waals surface area contributed by atoms with Crippen LogP contribution >= 0.6 is 11.6 Å². The lowest BCUT2D eigenvalue weighted by molar-refractivity contribution is -0.385. The van der Waals surface area contributed by atoms with E-state index in [0.717, 1.165) is 19.4 Å². The van der Waals surface area contributed by atoms with Crippen LogP contribution in [-0.2, 0) is 0 Å². The summed E-state index contributed by atoms with van der Waals surface area (Å²) in [6, 6.07) is 7.50. The summed E-state index contributed by atoms with van der Waals surface area (Å²) in [4.78, 5) is 27.0. The number of hydrogen-bond acceptors (Lipinski definition) is 9. The Morgan fingerprint density at radius 3 is 1.93 bits per heavy atom. The average molecular weight is 440 g/mol. The summed E-state index contributed by atoms with van der Waals surface area (Å²) < 4.78 is 0. The number of pyridine rings is 2. The molecule has 3 N–H and O–H groups in total. The van der Waals surface area contributed by atoms with E-state index in [1.54, 1.807) is 12.1 Å². The second-order valence-corrected chi connectivity index (χ2v) is 5.50. The Bertz CT molecular complexity index is 798. The van der Waals surface area contributed by atoms with E-state index in [4.69, 9.17) is 22.6 Å². The zero-order valence-corrected chi connectivity index (χ0v) is 17.9. The van der Waals surface area contributed by atoms with Gasteiger partial charge in [-0.2, -0.15) is 5.26 Å². The van der Waals surface area contributed by atoms with Crippen LogP contribution in [0.4, 0.5) is 17.2 Å². The summed E-state index contributed by atoms with van der Waals surface area (Å²) in [5.41, 5.74) is 4.89. The van der Waals surface area contributed by atoms with Crippen LogP contribution in [0.1, 0.15) is 33.6 Å². The fourth-order valence-corrected chi connectivity index (χ4v) is 1.63. The third kappa shape index (κ3) is 13.8. The van der Waals surface area contributed by atoms with Gasteiger partial charge in [-0.3, -0.25) is 20.2 Å². The molecule has 0 bridgehead atoms. The van der Waals surface area contributed by atoms with Crippen LogP contribution in [0.25, 0.3) is 0 Å². The maximum atomic E-state index is 10.5. The standard InChI is InChI=1S/C8H11N3O2.C5H3ClN2O2.C3H9N.C2H3N/c1-2-5-9-8-7(11(12)13)4-3-6-10-8;6-5-4(8(9)10)2-1-3-7-5;1-2-3-4;1-2-3/h3-4,6H,2,5H2,1H3,(H,9,10);1-3H;2-4H2,1H3;1H3. The van der Waals surface area contributed by atoms with Crippen molar-refractivity contribution in [2.75, 3.05) is 18.4 Å². The Hall–Kier alpha value is -3.36. The molecule has 0 saturated heterocycles. The SMILES string of the molecule is CC#N.CCCN.CCCNc1ncccc1[N+](=O)[O-].O=[N+]([O-])c1cccnc1Cl. The maximum absolute atomic E-state index is 10.5. The molecule has 2 heterocycles. The van der Waals surface area contributed by atoms with Crippen molar-refractivity contribution in [1.82, 2.24) is 9.97 Å². The molecule has 0 saturated carbocycles. The van der Waals surface area contributed by atoms with E-state index in [-0.39, 0.29) is 16.5 Å². The number of hydrogen-bond donors (Lipinski definition) is 2. The predicted molar refractivity (Wildman–Crippen MR) is 116 cm³/mol. The highest BCUT2D eigenvalue weighted by Gasteiger charge is 2.12. The second kappa shape index (κ2) is 19.0. The molecule has 0 aliphatic carbocycles. The van der Waals surface area contributed by atoms with E-state index >= 15 is 0 Å². The van der Waals surface area contributed by atoms with Gasteiger partial charge in [0.25, 0.3) is 0 Å². The number of halogens is 1. The molecule has 164 valence electrons. The van der Waals surface area contributed by atoms with Gasteiger partial charge in [0.05, 0.1) is 15.9 Å². The molecule has 0 unspecified atom stereocenters. The van der Waals surface area contributed by atoms with Crippen molar-refractivity contribution >= 4 is 28.8 Å².